The number of phenolic OH excluding ortho intramolecular Hbond substituents is 1. The van der Waals surface area contributed by atoms with E-state index in [9.17, 15) is 5.11 Å². The summed E-state index contributed by atoms with van der Waals surface area (Å²) >= 11 is 0. The first-order valence-electron chi connectivity index (χ1n) is 9.46. The molecule has 0 aliphatic rings. The van der Waals surface area contributed by atoms with Gasteiger partial charge in [0.15, 0.2) is 11.5 Å². The summed E-state index contributed by atoms with van der Waals surface area (Å²) in [6.07, 6.45) is 4.12. The molecule has 0 spiro atoms. The van der Waals surface area contributed by atoms with E-state index in [1.165, 1.54) is 6.42 Å². The average molecular weight is 353 g/mol. The van der Waals surface area contributed by atoms with E-state index in [1.54, 1.807) is 26.4 Å². The molecule has 0 saturated carbocycles. The van der Waals surface area contributed by atoms with Gasteiger partial charge >= 0.3 is 0 Å². The second-order valence-electron chi connectivity index (χ2n) is 7.00. The van der Waals surface area contributed by atoms with Crippen LogP contribution in [0.15, 0.2) is 18.2 Å². The molecule has 4 heteroatoms. The lowest BCUT2D eigenvalue weighted by Gasteiger charge is -2.30. The Kier molecular flexibility index (Phi) is 9.91. The summed E-state index contributed by atoms with van der Waals surface area (Å²) in [6, 6.07) is 5.49. The van der Waals surface area contributed by atoms with Crippen molar-refractivity contribution in [3.8, 4) is 11.5 Å². The molecule has 0 aromatic heterocycles. The summed E-state index contributed by atoms with van der Waals surface area (Å²) in [7, 11) is 3.33. The molecule has 1 N–H and O–H groups in total. The lowest BCUT2D eigenvalue weighted by atomic mass is 9.86. The van der Waals surface area contributed by atoms with Crippen molar-refractivity contribution in [2.24, 2.45) is 11.8 Å². The van der Waals surface area contributed by atoms with Gasteiger partial charge < -0.3 is 19.3 Å². The summed E-state index contributed by atoms with van der Waals surface area (Å²) in [5.74, 6) is 1.97. The van der Waals surface area contributed by atoms with E-state index in [0.29, 0.717) is 24.2 Å². The fraction of sp³-hybridized carbons (Fsp3) is 0.714. The van der Waals surface area contributed by atoms with Crippen LogP contribution in [0.1, 0.15) is 52.5 Å². The van der Waals surface area contributed by atoms with Crippen molar-refractivity contribution in [3.63, 3.8) is 0 Å². The van der Waals surface area contributed by atoms with E-state index in [1.807, 2.05) is 6.07 Å². The summed E-state index contributed by atoms with van der Waals surface area (Å²) in [4.78, 5) is 0. The largest absolute Gasteiger partial charge is 0.504 e. The molecule has 0 bridgehead atoms. The maximum atomic E-state index is 9.86. The average Bonchev–Trinajstić information content (AvgIpc) is 2.60. The predicted octanol–water partition coefficient (Wildman–Crippen LogP) is 4.83. The number of benzene rings is 1. The van der Waals surface area contributed by atoms with Crippen LogP contribution in [0.2, 0.25) is 0 Å². The van der Waals surface area contributed by atoms with Gasteiger partial charge in [-0.1, -0.05) is 40.2 Å². The van der Waals surface area contributed by atoms with Gasteiger partial charge in [-0.2, -0.15) is 0 Å². The normalized spacial score (nSPS) is 15.2. The third-order valence-electron chi connectivity index (χ3n) is 5.09. The SMILES string of the molecule is CCC(CC(OC)C(CC)OCCc1ccc(OC)c(O)c1)C(C)C. The van der Waals surface area contributed by atoms with Gasteiger partial charge in [-0.15, -0.1) is 0 Å². The van der Waals surface area contributed by atoms with E-state index in [2.05, 4.69) is 27.7 Å². The van der Waals surface area contributed by atoms with E-state index in [4.69, 9.17) is 14.2 Å². The number of phenols is 1. The Balaban J connectivity index is 2.57. The van der Waals surface area contributed by atoms with Crippen molar-refractivity contribution in [2.75, 3.05) is 20.8 Å². The Bertz CT molecular complexity index is 487. The Morgan fingerprint density at radius 2 is 1.76 bits per heavy atom. The molecule has 0 saturated heterocycles. The van der Waals surface area contributed by atoms with Crippen LogP contribution in [0.25, 0.3) is 0 Å². The highest BCUT2D eigenvalue weighted by Crippen LogP contribution is 2.27. The number of rotatable bonds is 12. The lowest BCUT2D eigenvalue weighted by molar-refractivity contribution is -0.0684. The van der Waals surface area contributed by atoms with E-state index in [-0.39, 0.29) is 18.0 Å². The fourth-order valence-corrected chi connectivity index (χ4v) is 3.32. The van der Waals surface area contributed by atoms with Gasteiger partial charge in [0.25, 0.3) is 0 Å². The molecule has 25 heavy (non-hydrogen) atoms. The van der Waals surface area contributed by atoms with Crippen LogP contribution in [-0.2, 0) is 15.9 Å². The topological polar surface area (TPSA) is 47.9 Å². The molecule has 1 aromatic carbocycles. The highest BCUT2D eigenvalue weighted by Gasteiger charge is 2.25. The smallest absolute Gasteiger partial charge is 0.160 e. The van der Waals surface area contributed by atoms with Gasteiger partial charge in [0, 0.05) is 7.11 Å². The van der Waals surface area contributed by atoms with Gasteiger partial charge in [0.1, 0.15) is 0 Å². The zero-order valence-corrected chi connectivity index (χ0v) is 16.7. The van der Waals surface area contributed by atoms with Gasteiger partial charge in [0.05, 0.1) is 25.9 Å². The van der Waals surface area contributed by atoms with Crippen molar-refractivity contribution in [1.82, 2.24) is 0 Å². The minimum atomic E-state index is 0.102. The molecule has 0 amide bonds. The van der Waals surface area contributed by atoms with Crippen molar-refractivity contribution >= 4 is 0 Å². The lowest BCUT2D eigenvalue weighted by Crippen LogP contribution is -2.33. The summed E-state index contributed by atoms with van der Waals surface area (Å²) < 4.78 is 17.0. The van der Waals surface area contributed by atoms with Crippen LogP contribution >= 0.6 is 0 Å². The summed E-state index contributed by atoms with van der Waals surface area (Å²) in [6.45, 7) is 9.56. The van der Waals surface area contributed by atoms with E-state index >= 15 is 0 Å². The number of methoxy groups -OCH3 is 2. The fourth-order valence-electron chi connectivity index (χ4n) is 3.32. The van der Waals surface area contributed by atoms with Crippen LogP contribution in [-0.4, -0.2) is 38.1 Å². The first-order valence-corrected chi connectivity index (χ1v) is 9.46. The zero-order valence-electron chi connectivity index (χ0n) is 16.7. The molecule has 0 fully saturated rings. The maximum Gasteiger partial charge on any atom is 0.160 e. The molecule has 1 rings (SSSR count). The molecule has 4 nitrogen and oxygen atoms in total. The Labute approximate surface area is 153 Å². The van der Waals surface area contributed by atoms with Crippen molar-refractivity contribution in [2.45, 2.75) is 65.6 Å². The summed E-state index contributed by atoms with van der Waals surface area (Å²) in [5.41, 5.74) is 1.04. The first-order chi connectivity index (χ1) is 12.0. The van der Waals surface area contributed by atoms with E-state index in [0.717, 1.165) is 24.8 Å². The minimum absolute atomic E-state index is 0.102. The van der Waals surface area contributed by atoms with Gasteiger partial charge in [-0.25, -0.2) is 0 Å². The molecule has 144 valence electrons. The molecule has 3 atom stereocenters. The number of aromatic hydroxyl groups is 1. The molecule has 0 aliphatic carbocycles. The molecule has 1 aromatic rings. The second-order valence-corrected chi connectivity index (χ2v) is 7.00. The Hall–Kier alpha value is -1.26. The van der Waals surface area contributed by atoms with Crippen LogP contribution < -0.4 is 4.74 Å². The zero-order chi connectivity index (χ0) is 18.8. The molecule has 3 unspecified atom stereocenters. The molecule has 0 heterocycles. The standard InChI is InChI=1S/C21H36O4/c1-7-17(15(3)4)14-21(24-6)19(8-2)25-12-11-16-9-10-20(23-5)18(22)13-16/h9-10,13,15,17,19,21-22H,7-8,11-12,14H2,1-6H3. The van der Waals surface area contributed by atoms with Crippen LogP contribution in [0.4, 0.5) is 0 Å². The molecular weight excluding hydrogens is 316 g/mol. The second kappa shape index (κ2) is 11.4. The quantitative estimate of drug-likeness (QED) is 0.585. The highest BCUT2D eigenvalue weighted by molar-refractivity contribution is 5.41. The monoisotopic (exact) mass is 352 g/mol. The predicted molar refractivity (Wildman–Crippen MR) is 102 cm³/mol. The van der Waals surface area contributed by atoms with Gasteiger partial charge in [-0.05, 0) is 48.8 Å². The third kappa shape index (κ3) is 6.87. The Morgan fingerprint density at radius 1 is 1.04 bits per heavy atom. The van der Waals surface area contributed by atoms with Crippen LogP contribution in [0.5, 0.6) is 11.5 Å². The molecule has 0 radical (unpaired) electrons. The van der Waals surface area contributed by atoms with Crippen LogP contribution in [0, 0.1) is 11.8 Å². The minimum Gasteiger partial charge on any atom is -0.504 e. The number of ether oxygens (including phenoxy) is 3. The molecular formula is C21H36O4. The Morgan fingerprint density at radius 3 is 2.24 bits per heavy atom. The summed E-state index contributed by atoms with van der Waals surface area (Å²) in [5, 5.41) is 9.86. The van der Waals surface area contributed by atoms with E-state index < -0.39 is 0 Å². The first kappa shape index (κ1) is 21.8. The van der Waals surface area contributed by atoms with Gasteiger partial charge in [0.2, 0.25) is 0 Å². The number of hydrogen-bond acceptors (Lipinski definition) is 4. The van der Waals surface area contributed by atoms with Crippen molar-refractivity contribution < 1.29 is 19.3 Å². The van der Waals surface area contributed by atoms with Crippen LogP contribution in [0.3, 0.4) is 0 Å². The third-order valence-corrected chi connectivity index (χ3v) is 5.09. The van der Waals surface area contributed by atoms with Gasteiger partial charge in [-0.3, -0.25) is 0 Å². The molecule has 0 aliphatic heterocycles. The maximum absolute atomic E-state index is 9.86. The van der Waals surface area contributed by atoms with Crippen molar-refractivity contribution in [3.05, 3.63) is 23.8 Å². The number of hydrogen-bond donors (Lipinski definition) is 1. The highest BCUT2D eigenvalue weighted by atomic mass is 16.5. The van der Waals surface area contributed by atoms with Crippen molar-refractivity contribution in [1.29, 1.82) is 0 Å².